The van der Waals surface area contributed by atoms with Crippen LogP contribution in [0.3, 0.4) is 0 Å². The lowest BCUT2D eigenvalue weighted by molar-refractivity contribution is 0.225. The van der Waals surface area contributed by atoms with Gasteiger partial charge in [-0.15, -0.1) is 0 Å². The first-order chi connectivity index (χ1) is 9.25. The maximum Gasteiger partial charge on any atom is 0.0291 e. The van der Waals surface area contributed by atoms with Crippen molar-refractivity contribution in [2.24, 2.45) is 0 Å². The van der Waals surface area contributed by atoms with Crippen molar-refractivity contribution >= 4 is 15.9 Å². The summed E-state index contributed by atoms with van der Waals surface area (Å²) in [4.78, 5) is 2.61. The summed E-state index contributed by atoms with van der Waals surface area (Å²) < 4.78 is 1.15. The standard InChI is InChI=1S/C16H25BrN2/c1-14(15-6-8-16(17)9-7-15)18-10-5-13-19-11-3-2-4-12-19/h6-9,14,18H,2-5,10-13H2,1H3. The molecule has 1 N–H and O–H groups in total. The first kappa shape index (κ1) is 15.0. The van der Waals surface area contributed by atoms with Crippen molar-refractivity contribution in [3.63, 3.8) is 0 Å². The van der Waals surface area contributed by atoms with Crippen molar-refractivity contribution in [1.82, 2.24) is 10.2 Å². The molecule has 1 aliphatic rings. The lowest BCUT2D eigenvalue weighted by Gasteiger charge is -2.26. The lowest BCUT2D eigenvalue weighted by Crippen LogP contribution is -2.32. The molecule has 0 spiro atoms. The van der Waals surface area contributed by atoms with E-state index in [1.165, 1.54) is 50.9 Å². The van der Waals surface area contributed by atoms with Gasteiger partial charge < -0.3 is 10.2 Å². The Morgan fingerprint density at radius 1 is 1.16 bits per heavy atom. The molecule has 1 atom stereocenters. The summed E-state index contributed by atoms with van der Waals surface area (Å²) in [6, 6.07) is 9.04. The molecule has 19 heavy (non-hydrogen) atoms. The molecule has 0 aromatic heterocycles. The first-order valence-corrected chi connectivity index (χ1v) is 8.26. The normalized spacial score (nSPS) is 18.4. The summed E-state index contributed by atoms with van der Waals surface area (Å²) in [5, 5.41) is 3.62. The molecule has 1 fully saturated rings. The molecule has 1 aromatic rings. The van der Waals surface area contributed by atoms with E-state index in [9.17, 15) is 0 Å². The maximum atomic E-state index is 3.62. The second-order valence-corrected chi connectivity index (χ2v) is 6.40. The Morgan fingerprint density at radius 2 is 1.84 bits per heavy atom. The van der Waals surface area contributed by atoms with Gasteiger partial charge in [-0.3, -0.25) is 0 Å². The van der Waals surface area contributed by atoms with E-state index in [0.717, 1.165) is 11.0 Å². The van der Waals surface area contributed by atoms with Gasteiger partial charge in [0.15, 0.2) is 0 Å². The van der Waals surface area contributed by atoms with Crippen LogP contribution in [0.25, 0.3) is 0 Å². The molecular formula is C16H25BrN2. The predicted octanol–water partition coefficient (Wildman–Crippen LogP) is 3.98. The van der Waals surface area contributed by atoms with Crippen LogP contribution < -0.4 is 5.32 Å². The van der Waals surface area contributed by atoms with E-state index < -0.39 is 0 Å². The van der Waals surface area contributed by atoms with E-state index >= 15 is 0 Å². The van der Waals surface area contributed by atoms with E-state index in [2.05, 4.69) is 57.3 Å². The van der Waals surface area contributed by atoms with Gasteiger partial charge in [0.05, 0.1) is 0 Å². The Hall–Kier alpha value is -0.380. The SMILES string of the molecule is CC(NCCCN1CCCCC1)c1ccc(Br)cc1. The summed E-state index contributed by atoms with van der Waals surface area (Å²) >= 11 is 3.48. The molecule has 1 heterocycles. The molecule has 0 amide bonds. The second kappa shape index (κ2) is 8.03. The van der Waals surface area contributed by atoms with Gasteiger partial charge in [-0.05, 0) is 70.1 Å². The van der Waals surface area contributed by atoms with Crippen LogP contribution in [0.1, 0.15) is 44.2 Å². The molecule has 0 saturated carbocycles. The number of rotatable bonds is 6. The number of likely N-dealkylation sites (tertiary alicyclic amines) is 1. The van der Waals surface area contributed by atoms with E-state index in [1.54, 1.807) is 0 Å². The highest BCUT2D eigenvalue weighted by molar-refractivity contribution is 9.10. The lowest BCUT2D eigenvalue weighted by atomic mass is 10.1. The average Bonchev–Trinajstić information content (AvgIpc) is 2.45. The van der Waals surface area contributed by atoms with Gasteiger partial charge in [0, 0.05) is 10.5 Å². The number of hydrogen-bond acceptors (Lipinski definition) is 2. The Labute approximate surface area is 125 Å². The summed E-state index contributed by atoms with van der Waals surface area (Å²) in [6.07, 6.45) is 5.46. The van der Waals surface area contributed by atoms with Gasteiger partial charge in [0.2, 0.25) is 0 Å². The fourth-order valence-electron chi connectivity index (χ4n) is 2.67. The fraction of sp³-hybridized carbons (Fsp3) is 0.625. The number of benzene rings is 1. The van der Waals surface area contributed by atoms with E-state index in [0.29, 0.717) is 6.04 Å². The van der Waals surface area contributed by atoms with Crippen LogP contribution in [-0.4, -0.2) is 31.1 Å². The highest BCUT2D eigenvalue weighted by Crippen LogP contribution is 2.16. The van der Waals surface area contributed by atoms with Crippen molar-refractivity contribution in [2.45, 2.75) is 38.6 Å². The molecule has 2 rings (SSSR count). The Bertz CT molecular complexity index is 358. The first-order valence-electron chi connectivity index (χ1n) is 7.47. The number of nitrogens with one attached hydrogen (secondary N) is 1. The molecule has 3 heteroatoms. The van der Waals surface area contributed by atoms with Crippen molar-refractivity contribution < 1.29 is 0 Å². The van der Waals surface area contributed by atoms with Crippen LogP contribution >= 0.6 is 15.9 Å². The highest BCUT2D eigenvalue weighted by Gasteiger charge is 2.09. The Kier molecular flexibility index (Phi) is 6.35. The quantitative estimate of drug-likeness (QED) is 0.796. The number of nitrogens with zero attached hydrogens (tertiary/aromatic N) is 1. The molecule has 0 aliphatic carbocycles. The van der Waals surface area contributed by atoms with Crippen molar-refractivity contribution in [3.8, 4) is 0 Å². The summed E-state index contributed by atoms with van der Waals surface area (Å²) in [7, 11) is 0. The van der Waals surface area contributed by atoms with Crippen molar-refractivity contribution in [1.29, 1.82) is 0 Å². The molecule has 1 aromatic carbocycles. The average molecular weight is 325 g/mol. The molecule has 1 unspecified atom stereocenters. The topological polar surface area (TPSA) is 15.3 Å². The van der Waals surface area contributed by atoms with E-state index in [1.807, 2.05) is 0 Å². The van der Waals surface area contributed by atoms with Crippen LogP contribution in [0, 0.1) is 0 Å². The molecule has 106 valence electrons. The summed E-state index contributed by atoms with van der Waals surface area (Å²) in [5.41, 5.74) is 1.36. The van der Waals surface area contributed by atoms with Crippen LogP contribution in [0.4, 0.5) is 0 Å². The highest BCUT2D eigenvalue weighted by atomic mass is 79.9. The van der Waals surface area contributed by atoms with Gasteiger partial charge in [-0.2, -0.15) is 0 Å². The van der Waals surface area contributed by atoms with Gasteiger partial charge in [0.25, 0.3) is 0 Å². The summed E-state index contributed by atoms with van der Waals surface area (Å²) in [6.45, 7) is 7.21. The van der Waals surface area contributed by atoms with Gasteiger partial charge in [-0.25, -0.2) is 0 Å². The van der Waals surface area contributed by atoms with E-state index in [-0.39, 0.29) is 0 Å². The molecule has 1 aliphatic heterocycles. The molecule has 0 bridgehead atoms. The monoisotopic (exact) mass is 324 g/mol. The Morgan fingerprint density at radius 3 is 2.53 bits per heavy atom. The largest absolute Gasteiger partial charge is 0.310 e. The minimum absolute atomic E-state index is 0.439. The number of piperidine rings is 1. The zero-order valence-corrected chi connectivity index (χ0v) is 13.5. The van der Waals surface area contributed by atoms with E-state index in [4.69, 9.17) is 0 Å². The summed E-state index contributed by atoms with van der Waals surface area (Å²) in [5.74, 6) is 0. The van der Waals surface area contributed by atoms with Gasteiger partial charge in [-0.1, -0.05) is 34.5 Å². The van der Waals surface area contributed by atoms with Crippen molar-refractivity contribution in [2.75, 3.05) is 26.2 Å². The number of halogens is 1. The van der Waals surface area contributed by atoms with Crippen molar-refractivity contribution in [3.05, 3.63) is 34.3 Å². The fourth-order valence-corrected chi connectivity index (χ4v) is 2.94. The zero-order valence-electron chi connectivity index (χ0n) is 11.9. The molecule has 0 radical (unpaired) electrons. The Balaban J connectivity index is 1.63. The smallest absolute Gasteiger partial charge is 0.0291 e. The molecule has 1 saturated heterocycles. The minimum atomic E-state index is 0.439. The van der Waals surface area contributed by atoms with Crippen LogP contribution in [0.2, 0.25) is 0 Å². The molecule has 2 nitrogen and oxygen atoms in total. The third-order valence-electron chi connectivity index (χ3n) is 3.92. The van der Waals surface area contributed by atoms with Crippen LogP contribution in [0.5, 0.6) is 0 Å². The van der Waals surface area contributed by atoms with Gasteiger partial charge >= 0.3 is 0 Å². The molecular weight excluding hydrogens is 300 g/mol. The maximum absolute atomic E-state index is 3.62. The van der Waals surface area contributed by atoms with Crippen LogP contribution in [-0.2, 0) is 0 Å². The minimum Gasteiger partial charge on any atom is -0.310 e. The van der Waals surface area contributed by atoms with Crippen LogP contribution in [0.15, 0.2) is 28.7 Å². The second-order valence-electron chi connectivity index (χ2n) is 5.48. The third kappa shape index (κ3) is 5.25. The van der Waals surface area contributed by atoms with Gasteiger partial charge in [0.1, 0.15) is 0 Å². The third-order valence-corrected chi connectivity index (χ3v) is 4.45. The predicted molar refractivity (Wildman–Crippen MR) is 85.5 cm³/mol. The number of hydrogen-bond donors (Lipinski definition) is 1. The zero-order chi connectivity index (χ0) is 13.5.